The molecule has 1 aromatic carbocycles. The molecule has 0 spiro atoms. The maximum absolute atomic E-state index is 11.9. The minimum Gasteiger partial charge on any atom is -0.398 e. The van der Waals surface area contributed by atoms with E-state index in [1.54, 1.807) is 4.90 Å². The third-order valence-corrected chi connectivity index (χ3v) is 3.21. The van der Waals surface area contributed by atoms with Crippen molar-refractivity contribution in [2.75, 3.05) is 17.2 Å². The van der Waals surface area contributed by atoms with Crippen molar-refractivity contribution in [2.45, 2.75) is 25.3 Å². The van der Waals surface area contributed by atoms with Crippen LogP contribution in [0, 0.1) is 0 Å². The zero-order valence-corrected chi connectivity index (χ0v) is 9.07. The normalized spacial score (nSPS) is 18.4. The van der Waals surface area contributed by atoms with Gasteiger partial charge in [0.2, 0.25) is 0 Å². The van der Waals surface area contributed by atoms with Crippen molar-refractivity contribution in [3.05, 3.63) is 23.8 Å². The molecule has 4 heteroatoms. The molecular weight excluding hydrogens is 202 g/mol. The Hall–Kier alpha value is -1.71. The lowest BCUT2D eigenvalue weighted by molar-refractivity contribution is 0.246. The third kappa shape index (κ3) is 1.50. The number of benzene rings is 1. The SMILES string of the molecule is Nc1cccc2c1CCN2C(=O)NC1CC1. The minimum absolute atomic E-state index is 0.0202. The fourth-order valence-electron chi connectivity index (χ4n) is 2.15. The topological polar surface area (TPSA) is 58.4 Å². The van der Waals surface area contributed by atoms with E-state index in [-0.39, 0.29) is 6.03 Å². The van der Waals surface area contributed by atoms with Gasteiger partial charge in [0.05, 0.1) is 5.69 Å². The summed E-state index contributed by atoms with van der Waals surface area (Å²) in [6.07, 6.45) is 3.09. The van der Waals surface area contributed by atoms with Crippen LogP contribution in [0.25, 0.3) is 0 Å². The van der Waals surface area contributed by atoms with E-state index >= 15 is 0 Å². The Bertz CT molecular complexity index is 440. The second-order valence-electron chi connectivity index (χ2n) is 4.47. The van der Waals surface area contributed by atoms with Crippen molar-refractivity contribution < 1.29 is 4.79 Å². The number of hydrogen-bond acceptors (Lipinski definition) is 2. The van der Waals surface area contributed by atoms with Gasteiger partial charge in [-0.1, -0.05) is 6.07 Å². The highest BCUT2D eigenvalue weighted by Gasteiger charge is 2.30. The molecular formula is C12H15N3O. The first-order chi connectivity index (χ1) is 7.75. The molecule has 1 heterocycles. The molecule has 0 atom stereocenters. The Balaban J connectivity index is 1.84. The van der Waals surface area contributed by atoms with Crippen LogP contribution < -0.4 is 16.0 Å². The van der Waals surface area contributed by atoms with Gasteiger partial charge in [0.15, 0.2) is 0 Å². The number of anilines is 2. The highest BCUT2D eigenvalue weighted by Crippen LogP contribution is 2.32. The Morgan fingerprint density at radius 2 is 2.25 bits per heavy atom. The molecule has 4 nitrogen and oxygen atoms in total. The fourth-order valence-corrected chi connectivity index (χ4v) is 2.15. The predicted octanol–water partition coefficient (Wildman–Crippen LogP) is 1.50. The van der Waals surface area contributed by atoms with E-state index in [0.29, 0.717) is 6.04 Å². The fraction of sp³-hybridized carbons (Fsp3) is 0.417. The molecule has 2 aliphatic rings. The monoisotopic (exact) mass is 217 g/mol. The largest absolute Gasteiger partial charge is 0.398 e. The Kier molecular flexibility index (Phi) is 2.02. The Morgan fingerprint density at radius 3 is 3.00 bits per heavy atom. The molecule has 1 aliphatic carbocycles. The van der Waals surface area contributed by atoms with Gasteiger partial charge in [-0.3, -0.25) is 4.90 Å². The number of carbonyl (C=O) groups excluding carboxylic acids is 1. The van der Waals surface area contributed by atoms with Crippen molar-refractivity contribution in [3.63, 3.8) is 0 Å². The second kappa shape index (κ2) is 3.40. The summed E-state index contributed by atoms with van der Waals surface area (Å²) in [5.41, 5.74) is 8.76. The summed E-state index contributed by atoms with van der Waals surface area (Å²) in [4.78, 5) is 13.7. The van der Waals surface area contributed by atoms with E-state index in [9.17, 15) is 4.79 Å². The van der Waals surface area contributed by atoms with Crippen LogP contribution in [-0.4, -0.2) is 18.6 Å². The molecule has 16 heavy (non-hydrogen) atoms. The summed E-state index contributed by atoms with van der Waals surface area (Å²) >= 11 is 0. The number of hydrogen-bond donors (Lipinski definition) is 2. The maximum atomic E-state index is 11.9. The van der Waals surface area contributed by atoms with Gasteiger partial charge in [0.1, 0.15) is 0 Å². The summed E-state index contributed by atoms with van der Waals surface area (Å²) in [6, 6.07) is 6.17. The van der Waals surface area contributed by atoms with Crippen LogP contribution in [-0.2, 0) is 6.42 Å². The van der Waals surface area contributed by atoms with Crippen LogP contribution in [0.4, 0.5) is 16.2 Å². The van der Waals surface area contributed by atoms with E-state index in [0.717, 1.165) is 42.7 Å². The lowest BCUT2D eigenvalue weighted by atomic mass is 10.1. The van der Waals surface area contributed by atoms with Gasteiger partial charge in [0.25, 0.3) is 0 Å². The zero-order chi connectivity index (χ0) is 11.1. The van der Waals surface area contributed by atoms with Gasteiger partial charge < -0.3 is 11.1 Å². The van der Waals surface area contributed by atoms with Crippen LogP contribution in [0.15, 0.2) is 18.2 Å². The molecule has 3 rings (SSSR count). The van der Waals surface area contributed by atoms with Crippen molar-refractivity contribution >= 4 is 17.4 Å². The lowest BCUT2D eigenvalue weighted by Crippen LogP contribution is -2.40. The molecule has 0 bridgehead atoms. The molecule has 0 saturated heterocycles. The number of urea groups is 1. The standard InChI is InChI=1S/C12H15N3O/c13-10-2-1-3-11-9(10)6-7-15(11)12(16)14-8-4-5-8/h1-3,8H,4-7,13H2,(H,14,16). The summed E-state index contributed by atoms with van der Waals surface area (Å²) in [5.74, 6) is 0. The van der Waals surface area contributed by atoms with Crippen LogP contribution in [0.3, 0.4) is 0 Å². The second-order valence-corrected chi connectivity index (χ2v) is 4.47. The molecule has 1 aromatic rings. The molecule has 3 N–H and O–H groups in total. The van der Waals surface area contributed by atoms with Gasteiger partial charge in [0, 0.05) is 23.8 Å². The third-order valence-electron chi connectivity index (χ3n) is 3.21. The Labute approximate surface area is 94.4 Å². The summed E-state index contributed by atoms with van der Waals surface area (Å²) in [7, 11) is 0. The number of nitrogens with two attached hydrogens (primary N) is 1. The van der Waals surface area contributed by atoms with E-state index < -0.39 is 0 Å². The van der Waals surface area contributed by atoms with E-state index in [4.69, 9.17) is 5.73 Å². The number of nitrogens with zero attached hydrogens (tertiary/aromatic N) is 1. The number of amides is 2. The quantitative estimate of drug-likeness (QED) is 0.700. The van der Waals surface area contributed by atoms with Crippen molar-refractivity contribution in [1.29, 1.82) is 0 Å². The molecule has 0 radical (unpaired) electrons. The van der Waals surface area contributed by atoms with Crippen LogP contribution in [0.1, 0.15) is 18.4 Å². The van der Waals surface area contributed by atoms with Crippen molar-refractivity contribution in [2.24, 2.45) is 0 Å². The number of fused-ring (bicyclic) bond motifs is 1. The maximum Gasteiger partial charge on any atom is 0.322 e. The summed E-state index contributed by atoms with van der Waals surface area (Å²) < 4.78 is 0. The first kappa shape index (κ1) is 9.51. The first-order valence-electron chi connectivity index (χ1n) is 5.71. The van der Waals surface area contributed by atoms with E-state index in [2.05, 4.69) is 5.32 Å². The molecule has 84 valence electrons. The average molecular weight is 217 g/mol. The molecule has 2 amide bonds. The minimum atomic E-state index is 0.0202. The summed E-state index contributed by atoms with van der Waals surface area (Å²) in [5, 5.41) is 3.00. The smallest absolute Gasteiger partial charge is 0.322 e. The van der Waals surface area contributed by atoms with E-state index in [1.807, 2.05) is 18.2 Å². The number of nitrogen functional groups attached to an aromatic ring is 1. The summed E-state index contributed by atoms with van der Waals surface area (Å²) in [6.45, 7) is 0.738. The van der Waals surface area contributed by atoms with Gasteiger partial charge in [-0.15, -0.1) is 0 Å². The first-order valence-corrected chi connectivity index (χ1v) is 5.71. The molecule has 1 aliphatic heterocycles. The van der Waals surface area contributed by atoms with Gasteiger partial charge >= 0.3 is 6.03 Å². The Morgan fingerprint density at radius 1 is 1.44 bits per heavy atom. The van der Waals surface area contributed by atoms with Crippen LogP contribution in [0.5, 0.6) is 0 Å². The number of carbonyl (C=O) groups is 1. The van der Waals surface area contributed by atoms with Crippen molar-refractivity contribution in [1.82, 2.24) is 5.32 Å². The zero-order valence-electron chi connectivity index (χ0n) is 9.07. The van der Waals surface area contributed by atoms with Gasteiger partial charge in [-0.05, 0) is 31.4 Å². The molecule has 1 fully saturated rings. The van der Waals surface area contributed by atoms with E-state index in [1.165, 1.54) is 0 Å². The lowest BCUT2D eigenvalue weighted by Gasteiger charge is -2.18. The highest BCUT2D eigenvalue weighted by molar-refractivity contribution is 5.95. The van der Waals surface area contributed by atoms with Crippen LogP contribution >= 0.6 is 0 Å². The predicted molar refractivity (Wildman–Crippen MR) is 63.5 cm³/mol. The molecule has 0 unspecified atom stereocenters. The van der Waals surface area contributed by atoms with Gasteiger partial charge in [-0.25, -0.2) is 4.79 Å². The van der Waals surface area contributed by atoms with Crippen molar-refractivity contribution in [3.8, 4) is 0 Å². The average Bonchev–Trinajstić information content (AvgIpc) is 2.96. The molecule has 1 saturated carbocycles. The number of rotatable bonds is 1. The number of nitrogens with one attached hydrogen (secondary N) is 1. The highest BCUT2D eigenvalue weighted by atomic mass is 16.2. The molecule has 0 aromatic heterocycles. The van der Waals surface area contributed by atoms with Crippen LogP contribution in [0.2, 0.25) is 0 Å². The van der Waals surface area contributed by atoms with Gasteiger partial charge in [-0.2, -0.15) is 0 Å².